The molecule has 1 aliphatic carbocycles. The smallest absolute Gasteiger partial charge is 0.327 e. The van der Waals surface area contributed by atoms with E-state index in [4.69, 9.17) is 21.1 Å². The zero-order chi connectivity index (χ0) is 17.4. The SMILES string of the molecule is COc1ccc(S(=O)(=O)N2CCOC(=O)C23CCCCC3)cc1Cl. The minimum absolute atomic E-state index is 0.0629. The molecule has 6 nitrogen and oxygen atoms in total. The first-order valence-electron chi connectivity index (χ1n) is 7.95. The van der Waals surface area contributed by atoms with E-state index in [-0.39, 0.29) is 23.1 Å². The second-order valence-electron chi connectivity index (χ2n) is 6.10. The Morgan fingerprint density at radius 2 is 1.96 bits per heavy atom. The van der Waals surface area contributed by atoms with E-state index in [0.717, 1.165) is 19.3 Å². The van der Waals surface area contributed by atoms with Gasteiger partial charge in [0.25, 0.3) is 0 Å². The van der Waals surface area contributed by atoms with Crippen molar-refractivity contribution in [1.29, 1.82) is 0 Å². The first-order chi connectivity index (χ1) is 11.4. The zero-order valence-electron chi connectivity index (χ0n) is 13.5. The van der Waals surface area contributed by atoms with Crippen LogP contribution in [0.25, 0.3) is 0 Å². The summed E-state index contributed by atoms with van der Waals surface area (Å²) >= 11 is 6.08. The number of benzene rings is 1. The van der Waals surface area contributed by atoms with Crippen LogP contribution in [0.4, 0.5) is 0 Å². The van der Waals surface area contributed by atoms with Crippen molar-refractivity contribution in [3.05, 3.63) is 23.2 Å². The Morgan fingerprint density at radius 3 is 2.58 bits per heavy atom. The average Bonchev–Trinajstić information content (AvgIpc) is 2.58. The monoisotopic (exact) mass is 373 g/mol. The van der Waals surface area contributed by atoms with E-state index in [1.165, 1.54) is 29.6 Å². The molecule has 2 aliphatic rings. The molecule has 1 aromatic rings. The second-order valence-corrected chi connectivity index (χ2v) is 8.37. The molecule has 0 atom stereocenters. The molecule has 1 saturated carbocycles. The van der Waals surface area contributed by atoms with Crippen LogP contribution in [0.1, 0.15) is 32.1 Å². The number of carbonyl (C=O) groups is 1. The van der Waals surface area contributed by atoms with Crippen LogP contribution in [0.15, 0.2) is 23.1 Å². The molecular formula is C16H20ClNO5S. The highest BCUT2D eigenvalue weighted by Gasteiger charge is 2.53. The number of morpholine rings is 1. The summed E-state index contributed by atoms with van der Waals surface area (Å²) in [6, 6.07) is 4.34. The summed E-state index contributed by atoms with van der Waals surface area (Å²) in [5.41, 5.74) is -1.08. The average molecular weight is 374 g/mol. The highest BCUT2D eigenvalue weighted by atomic mass is 35.5. The molecular weight excluding hydrogens is 354 g/mol. The molecule has 1 spiro atoms. The maximum Gasteiger partial charge on any atom is 0.327 e. The van der Waals surface area contributed by atoms with Gasteiger partial charge in [0.1, 0.15) is 17.9 Å². The molecule has 1 aliphatic heterocycles. The predicted octanol–water partition coefficient (Wildman–Crippen LogP) is 2.60. The maximum atomic E-state index is 13.2. The van der Waals surface area contributed by atoms with Crippen molar-refractivity contribution >= 4 is 27.6 Å². The Morgan fingerprint density at radius 1 is 1.25 bits per heavy atom. The van der Waals surface area contributed by atoms with Gasteiger partial charge in [-0.05, 0) is 31.0 Å². The number of ether oxygens (including phenoxy) is 2. The van der Waals surface area contributed by atoms with Gasteiger partial charge in [0.05, 0.1) is 17.0 Å². The molecule has 24 heavy (non-hydrogen) atoms. The fraction of sp³-hybridized carbons (Fsp3) is 0.562. The molecule has 0 radical (unpaired) electrons. The lowest BCUT2D eigenvalue weighted by molar-refractivity contribution is -0.165. The maximum absolute atomic E-state index is 13.2. The van der Waals surface area contributed by atoms with Gasteiger partial charge < -0.3 is 9.47 Å². The number of halogens is 1. The Balaban J connectivity index is 2.03. The van der Waals surface area contributed by atoms with Gasteiger partial charge in [-0.2, -0.15) is 4.31 Å². The minimum atomic E-state index is -3.86. The molecule has 132 valence electrons. The summed E-state index contributed by atoms with van der Waals surface area (Å²) in [5, 5.41) is 0.218. The van der Waals surface area contributed by atoms with E-state index < -0.39 is 21.5 Å². The number of nitrogens with zero attached hydrogens (tertiary/aromatic N) is 1. The fourth-order valence-corrected chi connectivity index (χ4v) is 5.66. The van der Waals surface area contributed by atoms with Gasteiger partial charge in [-0.1, -0.05) is 30.9 Å². The van der Waals surface area contributed by atoms with E-state index in [9.17, 15) is 13.2 Å². The summed E-state index contributed by atoms with van der Waals surface area (Å²) in [7, 11) is -2.39. The Kier molecular flexibility index (Phi) is 4.77. The third-order valence-electron chi connectivity index (χ3n) is 4.78. The third kappa shape index (κ3) is 2.78. The van der Waals surface area contributed by atoms with E-state index >= 15 is 0 Å². The van der Waals surface area contributed by atoms with Gasteiger partial charge >= 0.3 is 5.97 Å². The topological polar surface area (TPSA) is 72.9 Å². The van der Waals surface area contributed by atoms with Crippen LogP contribution in [-0.4, -0.2) is 44.5 Å². The molecule has 0 aromatic heterocycles. The van der Waals surface area contributed by atoms with Crippen LogP contribution < -0.4 is 4.74 Å². The van der Waals surface area contributed by atoms with Crippen LogP contribution in [0.2, 0.25) is 5.02 Å². The summed E-state index contributed by atoms with van der Waals surface area (Å²) in [5.74, 6) is -0.0299. The van der Waals surface area contributed by atoms with E-state index in [2.05, 4.69) is 0 Å². The normalized spacial score (nSPS) is 21.5. The highest BCUT2D eigenvalue weighted by Crippen LogP contribution is 2.40. The quantitative estimate of drug-likeness (QED) is 0.761. The van der Waals surface area contributed by atoms with Gasteiger partial charge in [0.15, 0.2) is 0 Å². The summed E-state index contributed by atoms with van der Waals surface area (Å²) < 4.78 is 37.9. The summed E-state index contributed by atoms with van der Waals surface area (Å²) in [4.78, 5) is 12.5. The number of methoxy groups -OCH3 is 1. The van der Waals surface area contributed by atoms with Gasteiger partial charge in [-0.15, -0.1) is 0 Å². The number of carbonyl (C=O) groups excluding carboxylic acids is 1. The van der Waals surface area contributed by atoms with E-state index in [1.807, 2.05) is 0 Å². The van der Waals surface area contributed by atoms with Crippen LogP contribution in [0.5, 0.6) is 5.75 Å². The first-order valence-corrected chi connectivity index (χ1v) is 9.77. The van der Waals surface area contributed by atoms with Crippen LogP contribution in [-0.2, 0) is 19.6 Å². The lowest BCUT2D eigenvalue weighted by Gasteiger charge is -2.45. The van der Waals surface area contributed by atoms with E-state index in [1.54, 1.807) is 0 Å². The van der Waals surface area contributed by atoms with Gasteiger partial charge in [-0.3, -0.25) is 4.79 Å². The van der Waals surface area contributed by atoms with Crippen molar-refractivity contribution < 1.29 is 22.7 Å². The van der Waals surface area contributed by atoms with Crippen molar-refractivity contribution in [3.8, 4) is 5.75 Å². The molecule has 0 amide bonds. The molecule has 0 unspecified atom stereocenters. The first kappa shape index (κ1) is 17.5. The molecule has 8 heteroatoms. The Bertz CT molecular complexity index is 743. The summed E-state index contributed by atoms with van der Waals surface area (Å²) in [6.45, 7) is 0.238. The number of hydrogen-bond acceptors (Lipinski definition) is 5. The van der Waals surface area contributed by atoms with Gasteiger partial charge in [0.2, 0.25) is 10.0 Å². The van der Waals surface area contributed by atoms with Gasteiger partial charge in [0, 0.05) is 6.54 Å². The largest absolute Gasteiger partial charge is 0.495 e. The summed E-state index contributed by atoms with van der Waals surface area (Å²) in [6.07, 6.45) is 3.61. The second kappa shape index (κ2) is 6.54. The molecule has 1 saturated heterocycles. The van der Waals surface area contributed by atoms with Crippen molar-refractivity contribution in [3.63, 3.8) is 0 Å². The molecule has 0 N–H and O–H groups in total. The van der Waals surface area contributed by atoms with Crippen LogP contribution >= 0.6 is 11.6 Å². The third-order valence-corrected chi connectivity index (χ3v) is 7.03. The number of esters is 1. The number of hydrogen-bond donors (Lipinski definition) is 0. The molecule has 1 heterocycles. The molecule has 3 rings (SSSR count). The molecule has 1 aromatic carbocycles. The lowest BCUT2D eigenvalue weighted by Crippen LogP contribution is -2.62. The Hall–Kier alpha value is -1.31. The zero-order valence-corrected chi connectivity index (χ0v) is 15.0. The lowest BCUT2D eigenvalue weighted by atomic mass is 9.81. The minimum Gasteiger partial charge on any atom is -0.495 e. The van der Waals surface area contributed by atoms with E-state index in [0.29, 0.717) is 18.6 Å². The Labute approximate surface area is 146 Å². The van der Waals surface area contributed by atoms with Crippen molar-refractivity contribution in [2.75, 3.05) is 20.3 Å². The van der Waals surface area contributed by atoms with Crippen molar-refractivity contribution in [2.24, 2.45) is 0 Å². The predicted molar refractivity (Wildman–Crippen MR) is 88.7 cm³/mol. The van der Waals surface area contributed by atoms with Crippen LogP contribution in [0, 0.1) is 0 Å². The van der Waals surface area contributed by atoms with Crippen molar-refractivity contribution in [1.82, 2.24) is 4.31 Å². The molecule has 0 bridgehead atoms. The fourth-order valence-electron chi connectivity index (χ4n) is 3.55. The van der Waals surface area contributed by atoms with Gasteiger partial charge in [-0.25, -0.2) is 8.42 Å². The molecule has 2 fully saturated rings. The number of rotatable bonds is 3. The van der Waals surface area contributed by atoms with Crippen LogP contribution in [0.3, 0.4) is 0 Å². The van der Waals surface area contributed by atoms with Crippen molar-refractivity contribution in [2.45, 2.75) is 42.5 Å². The highest BCUT2D eigenvalue weighted by molar-refractivity contribution is 7.89. The number of sulfonamides is 1. The standard InChI is InChI=1S/C16H20ClNO5S/c1-22-14-6-5-12(11-13(14)17)24(20,21)18-9-10-23-15(19)16(18)7-3-2-4-8-16/h5-6,11H,2-4,7-10H2,1H3. The number of cyclic esters (lactones) is 1.